The molecule has 11 heteroatoms. The molecule has 1 heterocycles. The number of aromatic nitrogens is 2. The number of ether oxygens (including phenoxy) is 1. The molecule has 0 unspecified atom stereocenters. The molecule has 0 atom stereocenters. The van der Waals surface area contributed by atoms with Gasteiger partial charge in [0.05, 0.1) is 5.75 Å². The van der Waals surface area contributed by atoms with Gasteiger partial charge in [0.25, 0.3) is 5.91 Å². The van der Waals surface area contributed by atoms with E-state index in [1.54, 1.807) is 4.57 Å². The number of nitrogens with one attached hydrogen (secondary N) is 1. The molecule has 1 aliphatic carbocycles. The monoisotopic (exact) mass is 561 g/mol. The third-order valence-corrected chi connectivity index (χ3v) is 9.79. The molecule has 0 aromatic carbocycles. The first-order valence-corrected chi connectivity index (χ1v) is 18.5. The van der Waals surface area contributed by atoms with Crippen LogP contribution in [0, 0.1) is 11.3 Å². The topological polar surface area (TPSA) is 117 Å². The van der Waals surface area contributed by atoms with E-state index in [2.05, 4.69) is 42.1 Å². The summed E-state index contributed by atoms with van der Waals surface area (Å²) in [5.74, 6) is -0.258. The molecule has 0 spiro atoms. The Morgan fingerprint density at radius 2 is 2.08 bits per heavy atom. The van der Waals surface area contributed by atoms with Gasteiger partial charge in [0.2, 0.25) is 15.8 Å². The van der Waals surface area contributed by atoms with E-state index >= 15 is 0 Å². The normalized spacial score (nSPS) is 15.1. The van der Waals surface area contributed by atoms with Gasteiger partial charge in [-0.25, -0.2) is 17.7 Å². The number of carbonyl (C=O) groups excluding carboxylic acids is 1. The number of imidazole rings is 1. The van der Waals surface area contributed by atoms with Crippen molar-refractivity contribution in [2.45, 2.75) is 70.9 Å². The van der Waals surface area contributed by atoms with Crippen LogP contribution in [-0.2, 0) is 21.5 Å². The fraction of sp³-hybridized carbons (Fsp3) is 0.593. The zero-order valence-corrected chi connectivity index (χ0v) is 25.3. The maximum absolute atomic E-state index is 12.8. The van der Waals surface area contributed by atoms with Gasteiger partial charge in [-0.1, -0.05) is 55.1 Å². The van der Waals surface area contributed by atoms with Crippen LogP contribution in [0.25, 0.3) is 0 Å². The smallest absolute Gasteiger partial charge is 0.287 e. The van der Waals surface area contributed by atoms with Crippen molar-refractivity contribution in [3.63, 3.8) is 0 Å². The highest BCUT2D eigenvalue weighted by Gasteiger charge is 2.17. The summed E-state index contributed by atoms with van der Waals surface area (Å²) in [6.45, 7) is 7.79. The number of sulfonamides is 1. The quantitative estimate of drug-likeness (QED) is 0.146. The molecule has 1 aromatic heterocycles. The standard InChI is InChI=1S/C27H43N5O4SSi/c1-31(2)37(34,35)18-15-24(14-13-23-10-7-6-8-11-23)12-9-16-29-27(33)26-30-25(20-28)21-32(26)22-36-17-19-38(3,4)5/h9-10,12,14,21H,6-8,11,13,15-19,22H2,1-5H3,(H,29,33)/b12-9-,24-14+. The average Bonchev–Trinajstić information content (AvgIpc) is 3.29. The Balaban J connectivity index is 2.01. The van der Waals surface area contributed by atoms with Crippen molar-refractivity contribution in [1.29, 1.82) is 5.26 Å². The van der Waals surface area contributed by atoms with Crippen LogP contribution in [0.15, 0.2) is 41.6 Å². The summed E-state index contributed by atoms with van der Waals surface area (Å²) in [4.78, 5) is 16.9. The summed E-state index contributed by atoms with van der Waals surface area (Å²) in [6, 6.07) is 2.98. The van der Waals surface area contributed by atoms with Gasteiger partial charge in [-0.3, -0.25) is 4.79 Å². The number of hydrogen-bond acceptors (Lipinski definition) is 6. The van der Waals surface area contributed by atoms with Crippen LogP contribution in [-0.4, -0.2) is 69.3 Å². The van der Waals surface area contributed by atoms with Crippen molar-refractivity contribution in [2.24, 2.45) is 0 Å². The SMILES string of the molecule is CN(C)S(=O)(=O)CCC(/C=C\CNC(=O)c1nc(C#N)cn1COCC[Si](C)(C)C)=C/CC1=CCCCC1. The second kappa shape index (κ2) is 15.2. The number of hydrogen-bond donors (Lipinski definition) is 1. The lowest BCUT2D eigenvalue weighted by Crippen LogP contribution is -2.27. The number of amides is 1. The van der Waals surface area contributed by atoms with E-state index in [4.69, 9.17) is 4.74 Å². The Hall–Kier alpha value is -2.52. The molecule has 1 amide bonds. The highest BCUT2D eigenvalue weighted by molar-refractivity contribution is 7.89. The zero-order chi connectivity index (χ0) is 28.2. The van der Waals surface area contributed by atoms with Gasteiger partial charge < -0.3 is 14.6 Å². The highest BCUT2D eigenvalue weighted by atomic mass is 32.2. The zero-order valence-electron chi connectivity index (χ0n) is 23.5. The third kappa shape index (κ3) is 11.5. The van der Waals surface area contributed by atoms with E-state index in [0.29, 0.717) is 13.0 Å². The first-order chi connectivity index (χ1) is 17.9. The van der Waals surface area contributed by atoms with E-state index < -0.39 is 24.0 Å². The predicted molar refractivity (Wildman–Crippen MR) is 154 cm³/mol. The lowest BCUT2D eigenvalue weighted by molar-refractivity contribution is 0.0785. The van der Waals surface area contributed by atoms with Gasteiger partial charge in [-0.15, -0.1) is 0 Å². The number of carbonyl (C=O) groups is 1. The Labute approximate surface area is 229 Å². The average molecular weight is 562 g/mol. The maximum atomic E-state index is 12.8. The lowest BCUT2D eigenvalue weighted by Gasteiger charge is -2.16. The molecule has 9 nitrogen and oxygen atoms in total. The van der Waals surface area contributed by atoms with E-state index in [1.165, 1.54) is 43.0 Å². The van der Waals surface area contributed by atoms with Crippen LogP contribution >= 0.6 is 0 Å². The van der Waals surface area contributed by atoms with E-state index in [9.17, 15) is 18.5 Å². The van der Waals surface area contributed by atoms with Crippen molar-refractivity contribution in [1.82, 2.24) is 19.2 Å². The maximum Gasteiger partial charge on any atom is 0.287 e. The van der Waals surface area contributed by atoms with Gasteiger partial charge in [-0.05, 0) is 44.6 Å². The molecule has 0 saturated heterocycles. The summed E-state index contributed by atoms with van der Waals surface area (Å²) in [6.07, 6.45) is 15.4. The first-order valence-electron chi connectivity index (χ1n) is 13.2. The van der Waals surface area contributed by atoms with Gasteiger partial charge in [-0.2, -0.15) is 5.26 Å². The van der Waals surface area contributed by atoms with E-state index in [0.717, 1.165) is 30.9 Å². The summed E-state index contributed by atoms with van der Waals surface area (Å²) < 4.78 is 33.1. The second-order valence-corrected chi connectivity index (χ2v) is 18.9. The van der Waals surface area contributed by atoms with Crippen LogP contribution in [0.2, 0.25) is 25.7 Å². The van der Waals surface area contributed by atoms with Crippen LogP contribution in [0.4, 0.5) is 0 Å². The van der Waals surface area contributed by atoms with E-state index in [-0.39, 0.29) is 30.5 Å². The van der Waals surface area contributed by atoms with Gasteiger partial charge in [0.15, 0.2) is 5.69 Å². The predicted octanol–water partition coefficient (Wildman–Crippen LogP) is 4.45. The van der Waals surface area contributed by atoms with Crippen molar-refractivity contribution in [2.75, 3.05) is 33.0 Å². The first kappa shape index (κ1) is 31.7. The number of nitriles is 1. The fourth-order valence-electron chi connectivity index (χ4n) is 3.77. The van der Waals surface area contributed by atoms with Gasteiger partial charge in [0, 0.05) is 41.5 Å². The van der Waals surface area contributed by atoms with Crippen molar-refractivity contribution >= 4 is 24.0 Å². The van der Waals surface area contributed by atoms with Crippen LogP contribution in [0.3, 0.4) is 0 Å². The third-order valence-electron chi connectivity index (χ3n) is 6.25. The van der Waals surface area contributed by atoms with Crippen LogP contribution in [0.5, 0.6) is 0 Å². The van der Waals surface area contributed by atoms with E-state index in [1.807, 2.05) is 18.2 Å². The molecule has 38 heavy (non-hydrogen) atoms. The molecule has 1 aliphatic rings. The van der Waals surface area contributed by atoms with Crippen LogP contribution in [0.1, 0.15) is 54.8 Å². The minimum Gasteiger partial charge on any atom is -0.361 e. The Kier molecular flexibility index (Phi) is 12.6. The Morgan fingerprint density at radius 3 is 2.71 bits per heavy atom. The number of allylic oxidation sites excluding steroid dienone is 5. The molecule has 0 radical (unpaired) electrons. The van der Waals surface area contributed by atoms with Crippen molar-refractivity contribution in [3.05, 3.63) is 53.2 Å². The van der Waals surface area contributed by atoms with Gasteiger partial charge >= 0.3 is 0 Å². The van der Waals surface area contributed by atoms with Crippen molar-refractivity contribution < 1.29 is 17.9 Å². The molecular formula is C27H43N5O4SSi. The molecule has 210 valence electrons. The minimum absolute atomic E-state index is 0.0215. The molecular weight excluding hydrogens is 518 g/mol. The molecule has 0 fully saturated rings. The molecule has 1 aromatic rings. The summed E-state index contributed by atoms with van der Waals surface area (Å²) in [5.41, 5.74) is 2.46. The molecule has 1 N–H and O–H groups in total. The molecule has 2 rings (SSSR count). The Morgan fingerprint density at radius 1 is 1.32 bits per heavy atom. The van der Waals surface area contributed by atoms with Crippen LogP contribution < -0.4 is 5.32 Å². The summed E-state index contributed by atoms with van der Waals surface area (Å²) in [7, 11) is -1.47. The highest BCUT2D eigenvalue weighted by Crippen LogP contribution is 2.22. The molecule has 0 bridgehead atoms. The summed E-state index contributed by atoms with van der Waals surface area (Å²) >= 11 is 0. The van der Waals surface area contributed by atoms with Gasteiger partial charge in [0.1, 0.15) is 12.8 Å². The molecule has 0 saturated carbocycles. The summed E-state index contributed by atoms with van der Waals surface area (Å²) in [5, 5.41) is 12.0. The number of rotatable bonds is 15. The largest absolute Gasteiger partial charge is 0.361 e. The molecule has 0 aliphatic heterocycles. The number of nitrogens with zero attached hydrogens (tertiary/aromatic N) is 4. The lowest BCUT2D eigenvalue weighted by atomic mass is 9.96. The van der Waals surface area contributed by atoms with Crippen molar-refractivity contribution in [3.8, 4) is 6.07 Å². The second-order valence-electron chi connectivity index (χ2n) is 10.9. The minimum atomic E-state index is -3.31. The fourth-order valence-corrected chi connectivity index (χ4v) is 5.38. The Bertz CT molecular complexity index is 1170.